The van der Waals surface area contributed by atoms with Gasteiger partial charge in [-0.25, -0.2) is 0 Å². The predicted molar refractivity (Wildman–Crippen MR) is 118 cm³/mol. The standard InChI is InChI=1S/C20H21N3O4Se.ClH/c1-12-7-17-18(10-16(12)21(2)3)28-20(22(17)4)6-5-13-8-15(23(25)26)9-14(11-24)19(13)27-20;/h5-10,24H,11H2,1-4H3;1H. The van der Waals surface area contributed by atoms with Crippen molar-refractivity contribution in [1.82, 2.24) is 0 Å². The summed E-state index contributed by atoms with van der Waals surface area (Å²) in [5, 5.41) is 20.9. The maximum absolute atomic E-state index is 11.2. The summed E-state index contributed by atoms with van der Waals surface area (Å²) < 4.78 is 7.03. The fourth-order valence-electron chi connectivity index (χ4n) is 3.66. The van der Waals surface area contributed by atoms with Gasteiger partial charge in [-0.2, -0.15) is 0 Å². The molecule has 2 aromatic rings. The Morgan fingerprint density at radius 2 is 2.03 bits per heavy atom. The molecule has 0 saturated heterocycles. The molecule has 1 atom stereocenters. The number of aliphatic hydroxyl groups is 1. The fourth-order valence-corrected chi connectivity index (χ4v) is 6.35. The van der Waals surface area contributed by atoms with Crippen LogP contribution in [0.3, 0.4) is 0 Å². The summed E-state index contributed by atoms with van der Waals surface area (Å²) in [6, 6.07) is 7.26. The molecule has 154 valence electrons. The Kier molecular flexibility index (Phi) is 5.58. The van der Waals surface area contributed by atoms with Crippen LogP contribution >= 0.6 is 12.4 Å². The van der Waals surface area contributed by atoms with Crippen molar-refractivity contribution in [3.63, 3.8) is 0 Å². The number of nitrogens with zero attached hydrogens (tertiary/aromatic N) is 3. The van der Waals surface area contributed by atoms with Gasteiger partial charge in [-0.05, 0) is 0 Å². The van der Waals surface area contributed by atoms with Gasteiger partial charge >= 0.3 is 169 Å². The molecule has 1 N–H and O–H groups in total. The fraction of sp³-hybridized carbons (Fsp3) is 0.300. The van der Waals surface area contributed by atoms with Crippen molar-refractivity contribution in [3.05, 3.63) is 57.1 Å². The third-order valence-corrected chi connectivity index (χ3v) is 7.92. The first kappa shape index (κ1) is 21.5. The number of nitro groups is 1. The van der Waals surface area contributed by atoms with Gasteiger partial charge in [0.15, 0.2) is 0 Å². The van der Waals surface area contributed by atoms with E-state index < -0.39 is 9.55 Å². The van der Waals surface area contributed by atoms with Crippen LogP contribution < -0.4 is 19.0 Å². The minimum absolute atomic E-state index is 0. The average molecular weight is 483 g/mol. The van der Waals surface area contributed by atoms with Crippen LogP contribution in [0.2, 0.25) is 0 Å². The van der Waals surface area contributed by atoms with E-state index in [0.717, 1.165) is 5.69 Å². The van der Waals surface area contributed by atoms with Crippen LogP contribution in [0.15, 0.2) is 30.3 Å². The second kappa shape index (κ2) is 7.54. The Labute approximate surface area is 181 Å². The smallest absolute Gasteiger partial charge is 0.147 e. The Hall–Kier alpha value is -2.25. The predicted octanol–water partition coefficient (Wildman–Crippen LogP) is 2.42. The molecule has 0 aromatic heterocycles. The van der Waals surface area contributed by atoms with Crippen molar-refractivity contribution >= 4 is 55.0 Å². The second-order valence-corrected chi connectivity index (χ2v) is 9.74. The number of aliphatic hydroxyl groups excluding tert-OH is 1. The number of hydrogen-bond donors (Lipinski definition) is 1. The molecule has 0 amide bonds. The van der Waals surface area contributed by atoms with E-state index in [2.05, 4.69) is 28.9 Å². The molecule has 0 radical (unpaired) electrons. The molecule has 2 aliphatic rings. The quantitative estimate of drug-likeness (QED) is 0.411. The van der Waals surface area contributed by atoms with Gasteiger partial charge in [-0.1, -0.05) is 0 Å². The molecule has 1 unspecified atom stereocenters. The first-order chi connectivity index (χ1) is 13.3. The third kappa shape index (κ3) is 3.36. The molecule has 0 aliphatic carbocycles. The van der Waals surface area contributed by atoms with Gasteiger partial charge in [0.2, 0.25) is 0 Å². The molecule has 0 fully saturated rings. The van der Waals surface area contributed by atoms with Gasteiger partial charge in [0, 0.05) is 0 Å². The van der Waals surface area contributed by atoms with Gasteiger partial charge in [-0.3, -0.25) is 0 Å². The second-order valence-electron chi connectivity index (χ2n) is 7.17. The van der Waals surface area contributed by atoms with Gasteiger partial charge in [0.05, 0.1) is 0 Å². The molecule has 4 rings (SSSR count). The number of rotatable bonds is 3. The molecule has 0 bridgehead atoms. The maximum Gasteiger partial charge on any atom is -0.147 e. The molecule has 2 aliphatic heterocycles. The topological polar surface area (TPSA) is 79.1 Å². The summed E-state index contributed by atoms with van der Waals surface area (Å²) in [4.78, 5) is 14.9. The van der Waals surface area contributed by atoms with Crippen LogP contribution in [0.4, 0.5) is 17.1 Å². The number of halogens is 1. The summed E-state index contributed by atoms with van der Waals surface area (Å²) >= 11 is -0.0434. The number of anilines is 2. The zero-order valence-electron chi connectivity index (χ0n) is 16.5. The number of non-ortho nitro benzene ring substituents is 1. The molecule has 1 spiro atoms. The van der Waals surface area contributed by atoms with Crippen molar-refractivity contribution in [3.8, 4) is 5.75 Å². The summed E-state index contributed by atoms with van der Waals surface area (Å²) in [6.45, 7) is 1.78. The minimum Gasteiger partial charge on any atom is -0.147 e. The number of aryl methyl sites for hydroxylation is 1. The Morgan fingerprint density at radius 3 is 2.66 bits per heavy atom. The van der Waals surface area contributed by atoms with Crippen molar-refractivity contribution < 1.29 is 14.8 Å². The van der Waals surface area contributed by atoms with Crippen molar-refractivity contribution in [2.75, 3.05) is 30.9 Å². The van der Waals surface area contributed by atoms with Crippen LogP contribution in [0.5, 0.6) is 5.75 Å². The third-order valence-electron chi connectivity index (χ3n) is 5.13. The summed E-state index contributed by atoms with van der Waals surface area (Å²) in [5.41, 5.74) is 4.50. The van der Waals surface area contributed by atoms with E-state index in [1.54, 1.807) is 0 Å². The van der Waals surface area contributed by atoms with E-state index in [-0.39, 0.29) is 39.7 Å². The van der Waals surface area contributed by atoms with Crippen LogP contribution in [0, 0.1) is 17.0 Å². The van der Waals surface area contributed by atoms with E-state index in [1.807, 2.05) is 33.3 Å². The van der Waals surface area contributed by atoms with E-state index >= 15 is 0 Å². The summed E-state index contributed by atoms with van der Waals surface area (Å²) in [5.74, 6) is 0.515. The number of nitro benzene ring substituents is 1. The first-order valence-electron chi connectivity index (χ1n) is 8.81. The molecule has 7 nitrogen and oxygen atoms in total. The van der Waals surface area contributed by atoms with Crippen LogP contribution in [-0.4, -0.2) is 50.8 Å². The molecule has 29 heavy (non-hydrogen) atoms. The monoisotopic (exact) mass is 483 g/mol. The number of fused-ring (bicyclic) bond motifs is 2. The van der Waals surface area contributed by atoms with Crippen LogP contribution in [-0.2, 0) is 6.61 Å². The molecule has 2 aromatic carbocycles. The van der Waals surface area contributed by atoms with Crippen LogP contribution in [0.1, 0.15) is 16.7 Å². The van der Waals surface area contributed by atoms with Crippen molar-refractivity contribution in [2.45, 2.75) is 18.2 Å². The van der Waals surface area contributed by atoms with Gasteiger partial charge in [-0.15, -0.1) is 12.4 Å². The van der Waals surface area contributed by atoms with Gasteiger partial charge in [0.25, 0.3) is 0 Å². The van der Waals surface area contributed by atoms with Crippen molar-refractivity contribution in [2.24, 2.45) is 0 Å². The Balaban J connectivity index is 0.00000240. The SMILES string of the molecule is Cc1cc2c(cc1N(C)C)[Se]C1(C=Cc3cc([N+](=O)[O-])cc(CO)c3O1)N2C.Cl. The number of benzene rings is 2. The van der Waals surface area contributed by atoms with E-state index in [1.165, 1.54) is 27.8 Å². The maximum atomic E-state index is 11.2. The molecule has 2 heterocycles. The van der Waals surface area contributed by atoms with E-state index in [4.69, 9.17) is 4.74 Å². The Morgan fingerprint density at radius 1 is 1.31 bits per heavy atom. The van der Waals surface area contributed by atoms with E-state index in [0.29, 0.717) is 16.9 Å². The van der Waals surface area contributed by atoms with Crippen LogP contribution in [0.25, 0.3) is 6.08 Å². The van der Waals surface area contributed by atoms with Gasteiger partial charge in [0.1, 0.15) is 0 Å². The minimum atomic E-state index is -0.653. The largest absolute Gasteiger partial charge is 0.147 e. The Bertz CT molecular complexity index is 1030. The molecular formula is C20H22ClN3O4Se. The zero-order valence-corrected chi connectivity index (χ0v) is 19.0. The number of ether oxygens (including phenoxy) is 1. The molecule has 9 heteroatoms. The molecular weight excluding hydrogens is 461 g/mol. The summed E-state index contributed by atoms with van der Waals surface area (Å²) in [6.07, 6.45) is 3.85. The summed E-state index contributed by atoms with van der Waals surface area (Å²) in [7, 11) is 6.06. The number of likely N-dealkylation sites (N-methyl/N-ethyl adjacent to an activating group) is 1. The first-order valence-corrected chi connectivity index (χ1v) is 10.5. The van der Waals surface area contributed by atoms with Crippen molar-refractivity contribution in [1.29, 1.82) is 0 Å². The van der Waals surface area contributed by atoms with Gasteiger partial charge < -0.3 is 0 Å². The van der Waals surface area contributed by atoms with E-state index in [9.17, 15) is 15.2 Å². The normalized spacial score (nSPS) is 18.7. The zero-order chi connectivity index (χ0) is 20.2. The average Bonchev–Trinajstić information content (AvgIpc) is 2.91. The number of hydrogen-bond acceptors (Lipinski definition) is 6. The molecule has 0 saturated carbocycles.